The van der Waals surface area contributed by atoms with E-state index in [0.717, 1.165) is 16.7 Å². The van der Waals surface area contributed by atoms with Gasteiger partial charge in [-0.15, -0.1) is 0 Å². The van der Waals surface area contributed by atoms with Crippen molar-refractivity contribution in [2.75, 3.05) is 0 Å². The number of halogens is 1. The molecule has 0 saturated carbocycles. The largest absolute Gasteiger partial charge is 0.508 e. The van der Waals surface area contributed by atoms with Crippen molar-refractivity contribution < 1.29 is 5.11 Å². The summed E-state index contributed by atoms with van der Waals surface area (Å²) in [7, 11) is 0. The zero-order valence-electron chi connectivity index (χ0n) is 6.69. The van der Waals surface area contributed by atoms with Crippen LogP contribution in [0.1, 0.15) is 16.7 Å². The Morgan fingerprint density at radius 3 is 2.45 bits per heavy atom. The van der Waals surface area contributed by atoms with Gasteiger partial charge in [0.2, 0.25) is 0 Å². The monoisotopic (exact) mass is 214 g/mol. The predicted octanol–water partition coefficient (Wildman–Crippen LogP) is 2.90. The second-order valence-corrected chi connectivity index (χ2v) is 3.27. The summed E-state index contributed by atoms with van der Waals surface area (Å²) in [6.07, 6.45) is 0. The van der Waals surface area contributed by atoms with Crippen molar-refractivity contribution in [1.29, 1.82) is 0 Å². The van der Waals surface area contributed by atoms with Crippen LogP contribution in [0.4, 0.5) is 0 Å². The topological polar surface area (TPSA) is 20.2 Å². The molecule has 2 heteroatoms. The zero-order valence-corrected chi connectivity index (χ0v) is 8.27. The molecule has 0 heterocycles. The van der Waals surface area contributed by atoms with Crippen molar-refractivity contribution >= 4 is 15.9 Å². The summed E-state index contributed by atoms with van der Waals surface area (Å²) in [6, 6.07) is 3.85. The van der Waals surface area contributed by atoms with Gasteiger partial charge in [0.05, 0.1) is 0 Å². The van der Waals surface area contributed by atoms with E-state index in [1.165, 1.54) is 0 Å². The maximum Gasteiger partial charge on any atom is 0.120 e. The molecular weight excluding hydrogens is 204 g/mol. The quantitative estimate of drug-likeness (QED) is 0.714. The maximum absolute atomic E-state index is 9.44. The van der Waals surface area contributed by atoms with Crippen molar-refractivity contribution in [3.63, 3.8) is 0 Å². The zero-order chi connectivity index (χ0) is 8.43. The molecule has 0 aliphatic rings. The molecule has 1 nitrogen and oxygen atoms in total. The first-order valence-electron chi connectivity index (χ1n) is 3.50. The highest BCUT2D eigenvalue weighted by Crippen LogP contribution is 2.24. The third-order valence-corrected chi connectivity index (χ3v) is 2.29. The van der Waals surface area contributed by atoms with Gasteiger partial charge in [-0.2, -0.15) is 0 Å². The molecule has 0 spiro atoms. The number of aryl methyl sites for hydroxylation is 2. The first-order valence-corrected chi connectivity index (χ1v) is 4.62. The smallest absolute Gasteiger partial charge is 0.120 e. The van der Waals surface area contributed by atoms with E-state index in [0.29, 0.717) is 11.1 Å². The van der Waals surface area contributed by atoms with Crippen LogP contribution in [0.5, 0.6) is 5.75 Å². The lowest BCUT2D eigenvalue weighted by molar-refractivity contribution is 0.469. The van der Waals surface area contributed by atoms with Gasteiger partial charge in [-0.05, 0) is 31.0 Å². The Morgan fingerprint density at radius 1 is 1.36 bits per heavy atom. The van der Waals surface area contributed by atoms with Crippen LogP contribution in [0.25, 0.3) is 0 Å². The van der Waals surface area contributed by atoms with Crippen molar-refractivity contribution in [3.8, 4) is 5.75 Å². The number of hydrogen-bond acceptors (Lipinski definition) is 1. The lowest BCUT2D eigenvalue weighted by Gasteiger charge is -2.05. The molecule has 0 bridgehead atoms. The molecule has 0 fully saturated rings. The SMILES string of the molecule is Cc1cc(C)c(CBr)c(O)c1. The van der Waals surface area contributed by atoms with E-state index in [4.69, 9.17) is 0 Å². The molecule has 0 saturated heterocycles. The fraction of sp³-hybridized carbons (Fsp3) is 0.333. The van der Waals surface area contributed by atoms with E-state index in [9.17, 15) is 5.11 Å². The van der Waals surface area contributed by atoms with Crippen molar-refractivity contribution in [2.24, 2.45) is 0 Å². The second kappa shape index (κ2) is 3.26. The maximum atomic E-state index is 9.44. The summed E-state index contributed by atoms with van der Waals surface area (Å²) >= 11 is 3.32. The van der Waals surface area contributed by atoms with Crippen LogP contribution in [0, 0.1) is 13.8 Å². The molecule has 1 aromatic rings. The number of aromatic hydroxyl groups is 1. The van der Waals surface area contributed by atoms with Gasteiger partial charge >= 0.3 is 0 Å². The summed E-state index contributed by atoms with van der Waals surface area (Å²) in [6.45, 7) is 3.98. The fourth-order valence-corrected chi connectivity index (χ4v) is 1.88. The average molecular weight is 215 g/mol. The average Bonchev–Trinajstić information content (AvgIpc) is 1.85. The molecule has 0 aromatic heterocycles. The number of benzene rings is 1. The van der Waals surface area contributed by atoms with Crippen LogP contribution in [-0.2, 0) is 5.33 Å². The third-order valence-electron chi connectivity index (χ3n) is 1.73. The number of alkyl halides is 1. The highest BCUT2D eigenvalue weighted by molar-refractivity contribution is 9.08. The van der Waals surface area contributed by atoms with E-state index in [2.05, 4.69) is 22.0 Å². The van der Waals surface area contributed by atoms with Crippen LogP contribution in [-0.4, -0.2) is 5.11 Å². The van der Waals surface area contributed by atoms with Crippen LogP contribution in [0.15, 0.2) is 12.1 Å². The molecule has 0 aliphatic carbocycles. The van der Waals surface area contributed by atoms with Crippen LogP contribution >= 0.6 is 15.9 Å². The summed E-state index contributed by atoms with van der Waals surface area (Å²) in [5.74, 6) is 0.388. The Balaban J connectivity index is 3.25. The molecule has 11 heavy (non-hydrogen) atoms. The van der Waals surface area contributed by atoms with E-state index < -0.39 is 0 Å². The second-order valence-electron chi connectivity index (χ2n) is 2.71. The molecule has 1 N–H and O–H groups in total. The van der Waals surface area contributed by atoms with E-state index >= 15 is 0 Å². The molecular formula is C9H11BrO. The minimum Gasteiger partial charge on any atom is -0.508 e. The number of hydrogen-bond donors (Lipinski definition) is 1. The van der Waals surface area contributed by atoms with Gasteiger partial charge in [0.1, 0.15) is 5.75 Å². The Kier molecular flexibility index (Phi) is 2.55. The minimum absolute atomic E-state index is 0.388. The van der Waals surface area contributed by atoms with Crippen LogP contribution in [0.3, 0.4) is 0 Å². The summed E-state index contributed by atoms with van der Waals surface area (Å²) < 4.78 is 0. The minimum atomic E-state index is 0.388. The first kappa shape index (κ1) is 8.60. The molecule has 0 unspecified atom stereocenters. The normalized spacial score (nSPS) is 10.1. The highest BCUT2D eigenvalue weighted by Gasteiger charge is 2.02. The van der Waals surface area contributed by atoms with E-state index in [-0.39, 0.29) is 0 Å². The standard InChI is InChI=1S/C9H11BrO/c1-6-3-7(2)8(5-10)9(11)4-6/h3-4,11H,5H2,1-2H3. The van der Waals surface area contributed by atoms with Gasteiger partial charge < -0.3 is 5.11 Å². The highest BCUT2D eigenvalue weighted by atomic mass is 79.9. The first-order chi connectivity index (χ1) is 5.15. The lowest BCUT2D eigenvalue weighted by atomic mass is 10.1. The molecule has 0 radical (unpaired) electrons. The Labute approximate surface area is 75.2 Å². The Hall–Kier alpha value is -0.500. The van der Waals surface area contributed by atoms with Gasteiger partial charge in [-0.1, -0.05) is 22.0 Å². The molecule has 60 valence electrons. The summed E-state index contributed by atoms with van der Waals surface area (Å²) in [5, 5.41) is 10.2. The van der Waals surface area contributed by atoms with E-state index in [1.54, 1.807) is 6.07 Å². The molecule has 0 aliphatic heterocycles. The number of rotatable bonds is 1. The Bertz CT molecular complexity index is 245. The fourth-order valence-electron chi connectivity index (χ4n) is 1.15. The summed E-state index contributed by atoms with van der Waals surface area (Å²) in [5.41, 5.74) is 3.22. The Morgan fingerprint density at radius 2 is 2.00 bits per heavy atom. The molecule has 1 aromatic carbocycles. The predicted molar refractivity (Wildman–Crippen MR) is 50.2 cm³/mol. The van der Waals surface area contributed by atoms with Gasteiger partial charge in [0.15, 0.2) is 0 Å². The van der Waals surface area contributed by atoms with Gasteiger partial charge in [0.25, 0.3) is 0 Å². The lowest BCUT2D eigenvalue weighted by Crippen LogP contribution is -1.86. The van der Waals surface area contributed by atoms with Crippen molar-refractivity contribution in [1.82, 2.24) is 0 Å². The van der Waals surface area contributed by atoms with Gasteiger partial charge in [0, 0.05) is 10.9 Å². The van der Waals surface area contributed by atoms with Crippen LogP contribution in [0.2, 0.25) is 0 Å². The van der Waals surface area contributed by atoms with Crippen molar-refractivity contribution in [3.05, 3.63) is 28.8 Å². The van der Waals surface area contributed by atoms with Gasteiger partial charge in [-0.25, -0.2) is 0 Å². The van der Waals surface area contributed by atoms with E-state index in [1.807, 2.05) is 13.8 Å². The summed E-state index contributed by atoms with van der Waals surface area (Å²) in [4.78, 5) is 0. The molecule has 0 amide bonds. The third kappa shape index (κ3) is 1.74. The molecule has 0 atom stereocenters. The number of phenols is 1. The molecule has 1 rings (SSSR count). The number of phenolic OH excluding ortho intramolecular Hbond substituents is 1. The van der Waals surface area contributed by atoms with Gasteiger partial charge in [-0.3, -0.25) is 0 Å². The van der Waals surface area contributed by atoms with Crippen molar-refractivity contribution in [2.45, 2.75) is 19.2 Å². The van der Waals surface area contributed by atoms with Crippen LogP contribution < -0.4 is 0 Å².